The Labute approximate surface area is 159 Å². The van der Waals surface area contributed by atoms with E-state index in [2.05, 4.69) is 37.3 Å². The molecule has 4 rings (SSSR count). The van der Waals surface area contributed by atoms with Crippen molar-refractivity contribution < 1.29 is 24.8 Å². The third-order valence-corrected chi connectivity index (χ3v) is 5.74. The lowest BCUT2D eigenvalue weighted by atomic mass is 9.86. The molecule has 2 aliphatic heterocycles. The zero-order chi connectivity index (χ0) is 19.2. The van der Waals surface area contributed by atoms with Crippen molar-refractivity contribution >= 4 is 0 Å². The molecule has 5 atom stereocenters. The van der Waals surface area contributed by atoms with Crippen LogP contribution in [-0.2, 0) is 34.7 Å². The summed E-state index contributed by atoms with van der Waals surface area (Å²) in [6.45, 7) is 4.10. The Morgan fingerprint density at radius 3 is 2.33 bits per heavy atom. The lowest BCUT2D eigenvalue weighted by Gasteiger charge is -2.45. The molecule has 0 amide bonds. The van der Waals surface area contributed by atoms with Gasteiger partial charge in [-0.3, -0.25) is 0 Å². The molecule has 1 fully saturated rings. The maximum absolute atomic E-state index is 10.6. The van der Waals surface area contributed by atoms with Gasteiger partial charge in [0.2, 0.25) is 5.79 Å². The van der Waals surface area contributed by atoms with Gasteiger partial charge in [-0.1, -0.05) is 43.3 Å². The summed E-state index contributed by atoms with van der Waals surface area (Å²) in [5.41, 5.74) is 5.24. The summed E-state index contributed by atoms with van der Waals surface area (Å²) >= 11 is 0. The van der Waals surface area contributed by atoms with Crippen LogP contribution in [0.4, 0.5) is 0 Å². The van der Waals surface area contributed by atoms with Crippen molar-refractivity contribution in [1.82, 2.24) is 0 Å². The molecular weight excluding hydrogens is 344 g/mol. The number of rotatable bonds is 3. The zero-order valence-electron chi connectivity index (χ0n) is 15.6. The molecule has 2 aromatic carbocycles. The molecule has 0 bridgehead atoms. The topological polar surface area (TPSA) is 79.2 Å². The molecule has 1 saturated heterocycles. The molecular formula is C22H26O5. The van der Waals surface area contributed by atoms with Crippen LogP contribution in [0.3, 0.4) is 0 Å². The highest BCUT2D eigenvalue weighted by Crippen LogP contribution is 2.46. The number of ether oxygens (including phenoxy) is 2. The van der Waals surface area contributed by atoms with Crippen LogP contribution < -0.4 is 0 Å². The van der Waals surface area contributed by atoms with Gasteiger partial charge >= 0.3 is 0 Å². The van der Waals surface area contributed by atoms with Gasteiger partial charge in [0, 0.05) is 5.56 Å². The van der Waals surface area contributed by atoms with E-state index in [9.17, 15) is 15.3 Å². The average molecular weight is 370 g/mol. The van der Waals surface area contributed by atoms with E-state index >= 15 is 0 Å². The van der Waals surface area contributed by atoms with Crippen LogP contribution in [0.1, 0.15) is 41.7 Å². The van der Waals surface area contributed by atoms with Gasteiger partial charge < -0.3 is 24.8 Å². The molecule has 27 heavy (non-hydrogen) atoms. The van der Waals surface area contributed by atoms with Gasteiger partial charge in [-0.25, -0.2) is 0 Å². The van der Waals surface area contributed by atoms with Gasteiger partial charge in [-0.05, 0) is 48.1 Å². The lowest BCUT2D eigenvalue weighted by Crippen LogP contribution is -2.62. The van der Waals surface area contributed by atoms with Crippen LogP contribution in [0.25, 0.3) is 0 Å². The Balaban J connectivity index is 1.65. The second-order valence-corrected chi connectivity index (χ2v) is 7.54. The van der Waals surface area contributed by atoms with Crippen molar-refractivity contribution in [3.63, 3.8) is 0 Å². The normalized spacial score (nSPS) is 32.6. The van der Waals surface area contributed by atoms with Gasteiger partial charge in [0.05, 0.1) is 12.7 Å². The van der Waals surface area contributed by atoms with Crippen LogP contribution >= 0.6 is 0 Å². The number of aliphatic hydroxyl groups is 3. The number of hydrogen-bond donors (Lipinski definition) is 3. The highest BCUT2D eigenvalue weighted by atomic mass is 16.7. The molecule has 0 saturated carbocycles. The highest BCUT2D eigenvalue weighted by molar-refractivity contribution is 5.41. The smallest absolute Gasteiger partial charge is 0.225 e. The molecule has 2 aliphatic rings. The van der Waals surface area contributed by atoms with E-state index in [0.717, 1.165) is 29.5 Å². The highest BCUT2D eigenvalue weighted by Gasteiger charge is 2.57. The Morgan fingerprint density at radius 2 is 1.63 bits per heavy atom. The summed E-state index contributed by atoms with van der Waals surface area (Å²) in [7, 11) is 0. The molecule has 5 heteroatoms. The molecule has 0 aromatic heterocycles. The Hall–Kier alpha value is -1.76. The van der Waals surface area contributed by atoms with Gasteiger partial charge in [-0.15, -0.1) is 0 Å². The van der Waals surface area contributed by atoms with E-state index < -0.39 is 30.2 Å². The summed E-state index contributed by atoms with van der Waals surface area (Å²) in [5, 5.41) is 30.9. The molecule has 5 nitrogen and oxygen atoms in total. The van der Waals surface area contributed by atoms with Gasteiger partial charge in [0.1, 0.15) is 18.3 Å². The molecule has 1 spiro atoms. The minimum atomic E-state index is -1.44. The van der Waals surface area contributed by atoms with Crippen LogP contribution in [0.5, 0.6) is 0 Å². The van der Waals surface area contributed by atoms with Crippen molar-refractivity contribution in [2.45, 2.75) is 63.5 Å². The third kappa shape index (κ3) is 3.10. The number of benzene rings is 2. The van der Waals surface area contributed by atoms with Crippen LogP contribution in [0.15, 0.2) is 42.5 Å². The third-order valence-electron chi connectivity index (χ3n) is 5.74. The van der Waals surface area contributed by atoms with Crippen LogP contribution in [0, 0.1) is 0 Å². The molecule has 0 aliphatic carbocycles. The number of aryl methyl sites for hydroxylation is 1. The van der Waals surface area contributed by atoms with E-state index in [1.165, 1.54) is 11.1 Å². The van der Waals surface area contributed by atoms with E-state index in [1.54, 1.807) is 6.92 Å². The number of aliphatic hydroxyl groups excluding tert-OH is 3. The van der Waals surface area contributed by atoms with Crippen molar-refractivity contribution in [2.24, 2.45) is 0 Å². The zero-order valence-corrected chi connectivity index (χ0v) is 15.6. The first-order valence-corrected chi connectivity index (χ1v) is 9.50. The van der Waals surface area contributed by atoms with E-state index in [0.29, 0.717) is 6.61 Å². The minimum Gasteiger partial charge on any atom is -0.388 e. The van der Waals surface area contributed by atoms with E-state index in [1.807, 2.05) is 12.1 Å². The van der Waals surface area contributed by atoms with Crippen molar-refractivity contribution in [3.05, 3.63) is 70.3 Å². The second kappa shape index (κ2) is 7.00. The summed E-state index contributed by atoms with van der Waals surface area (Å²) in [6, 6.07) is 14.6. The predicted octanol–water partition coefficient (Wildman–Crippen LogP) is 2.02. The fourth-order valence-electron chi connectivity index (χ4n) is 4.02. The SMILES string of the molecule is CCc1ccc(Cc2ccc3c(c2)[C@]2(OC3)O[C@H](C)[C@@H](O)[C@H](O)[C@H]2O)cc1. The van der Waals surface area contributed by atoms with Gasteiger partial charge in [0.15, 0.2) is 0 Å². The molecule has 3 N–H and O–H groups in total. The summed E-state index contributed by atoms with van der Waals surface area (Å²) in [4.78, 5) is 0. The monoisotopic (exact) mass is 370 g/mol. The van der Waals surface area contributed by atoms with Crippen molar-refractivity contribution in [3.8, 4) is 0 Å². The van der Waals surface area contributed by atoms with Crippen LogP contribution in [0.2, 0.25) is 0 Å². The summed E-state index contributed by atoms with van der Waals surface area (Å²) in [5.74, 6) is -1.44. The van der Waals surface area contributed by atoms with Gasteiger partial charge in [0.25, 0.3) is 0 Å². The Morgan fingerprint density at radius 1 is 0.963 bits per heavy atom. The predicted molar refractivity (Wildman–Crippen MR) is 100 cm³/mol. The quantitative estimate of drug-likeness (QED) is 0.770. The van der Waals surface area contributed by atoms with E-state index in [4.69, 9.17) is 9.47 Å². The minimum absolute atomic E-state index is 0.299. The Kier molecular flexibility index (Phi) is 4.82. The molecule has 144 valence electrons. The maximum atomic E-state index is 10.6. The number of hydrogen-bond acceptors (Lipinski definition) is 5. The first-order valence-electron chi connectivity index (χ1n) is 9.50. The fourth-order valence-corrected chi connectivity index (χ4v) is 4.02. The summed E-state index contributed by atoms with van der Waals surface area (Å²) in [6.07, 6.45) is -2.72. The Bertz CT molecular complexity index is 818. The molecule has 0 radical (unpaired) electrons. The second-order valence-electron chi connectivity index (χ2n) is 7.54. The van der Waals surface area contributed by atoms with E-state index in [-0.39, 0.29) is 0 Å². The number of fused-ring (bicyclic) bond motifs is 2. The lowest BCUT2D eigenvalue weighted by molar-refractivity contribution is -0.362. The fraction of sp³-hybridized carbons (Fsp3) is 0.455. The van der Waals surface area contributed by atoms with Crippen molar-refractivity contribution in [2.75, 3.05) is 0 Å². The molecule has 2 heterocycles. The average Bonchev–Trinajstić information content (AvgIpc) is 3.04. The first-order chi connectivity index (χ1) is 12.9. The van der Waals surface area contributed by atoms with Crippen molar-refractivity contribution in [1.29, 1.82) is 0 Å². The first kappa shape index (κ1) is 18.6. The largest absolute Gasteiger partial charge is 0.388 e. The van der Waals surface area contributed by atoms with Crippen LogP contribution in [-0.4, -0.2) is 39.7 Å². The maximum Gasteiger partial charge on any atom is 0.225 e. The summed E-state index contributed by atoms with van der Waals surface area (Å²) < 4.78 is 11.8. The standard InChI is InChI=1S/C22H26O5/c1-3-14-4-6-15(7-5-14)10-16-8-9-17-12-26-22(18(17)11-16)21(25)20(24)19(23)13(2)27-22/h4-9,11,13,19-21,23-25H,3,10,12H2,1-2H3/t13-,19-,20+,21-,22+/m1/s1. The molecule has 0 unspecified atom stereocenters. The van der Waals surface area contributed by atoms with Gasteiger partial charge in [-0.2, -0.15) is 0 Å². The molecule has 2 aromatic rings.